The van der Waals surface area contributed by atoms with E-state index in [1.165, 1.54) is 0 Å². The number of halogens is 1. The summed E-state index contributed by atoms with van der Waals surface area (Å²) in [5.41, 5.74) is 6.94. The highest BCUT2D eigenvalue weighted by Crippen LogP contribution is 2.32. The number of hydrogen-bond acceptors (Lipinski definition) is 4. The lowest BCUT2D eigenvalue weighted by molar-refractivity contribution is -0.132. The van der Waals surface area contributed by atoms with E-state index in [0.717, 1.165) is 43.0 Å². The largest absolute Gasteiger partial charge is 0.454 e. The summed E-state index contributed by atoms with van der Waals surface area (Å²) >= 11 is 0. The molecule has 0 spiro atoms. The van der Waals surface area contributed by atoms with Gasteiger partial charge < -0.3 is 20.1 Å². The minimum absolute atomic E-state index is 0. The molecule has 2 atom stereocenters. The maximum atomic E-state index is 12.4. The van der Waals surface area contributed by atoms with Crippen molar-refractivity contribution >= 4 is 18.3 Å². The number of benzene rings is 1. The number of nitrogens with zero attached hydrogens (tertiary/aromatic N) is 1. The molecule has 0 aliphatic carbocycles. The fourth-order valence-corrected chi connectivity index (χ4v) is 3.00. The number of rotatable bonds is 3. The second-order valence-electron chi connectivity index (χ2n) is 5.97. The molecule has 1 saturated heterocycles. The number of nitrogens with two attached hydrogens (primary N) is 1. The van der Waals surface area contributed by atoms with Gasteiger partial charge in [0.25, 0.3) is 0 Å². The summed E-state index contributed by atoms with van der Waals surface area (Å²) in [6, 6.07) is 5.84. The maximum Gasteiger partial charge on any atom is 0.231 e. The van der Waals surface area contributed by atoms with E-state index in [-0.39, 0.29) is 31.1 Å². The molecular weight excluding hydrogens is 304 g/mol. The van der Waals surface area contributed by atoms with Gasteiger partial charge in [-0.25, -0.2) is 0 Å². The van der Waals surface area contributed by atoms with Gasteiger partial charge in [-0.1, -0.05) is 6.07 Å². The third-order valence-electron chi connectivity index (χ3n) is 4.35. The van der Waals surface area contributed by atoms with Crippen molar-refractivity contribution in [3.05, 3.63) is 23.8 Å². The summed E-state index contributed by atoms with van der Waals surface area (Å²) in [6.45, 7) is 3.90. The Hall–Kier alpha value is -1.46. The van der Waals surface area contributed by atoms with Gasteiger partial charge in [-0.2, -0.15) is 0 Å². The molecule has 2 aliphatic rings. The van der Waals surface area contributed by atoms with Crippen LogP contribution in [0.2, 0.25) is 0 Å². The summed E-state index contributed by atoms with van der Waals surface area (Å²) in [5, 5.41) is 0. The van der Waals surface area contributed by atoms with Crippen LogP contribution in [0.5, 0.6) is 11.5 Å². The number of amides is 1. The molecule has 22 heavy (non-hydrogen) atoms. The van der Waals surface area contributed by atoms with E-state index in [1.807, 2.05) is 30.0 Å². The number of piperidine rings is 1. The number of hydrogen-bond donors (Lipinski definition) is 1. The Balaban J connectivity index is 0.00000176. The Morgan fingerprint density at radius 2 is 2.18 bits per heavy atom. The number of fused-ring (bicyclic) bond motifs is 1. The number of ether oxygens (including phenoxy) is 2. The first-order valence-corrected chi connectivity index (χ1v) is 7.55. The van der Waals surface area contributed by atoms with Gasteiger partial charge in [0.15, 0.2) is 11.5 Å². The molecule has 1 fully saturated rings. The van der Waals surface area contributed by atoms with Gasteiger partial charge in [-0.3, -0.25) is 4.79 Å². The Morgan fingerprint density at radius 3 is 2.95 bits per heavy atom. The van der Waals surface area contributed by atoms with Crippen LogP contribution in [0.15, 0.2) is 18.2 Å². The Kier molecular flexibility index (Phi) is 5.53. The molecule has 2 aliphatic heterocycles. The van der Waals surface area contributed by atoms with E-state index in [1.54, 1.807) is 0 Å². The van der Waals surface area contributed by atoms with Gasteiger partial charge in [0, 0.05) is 19.1 Å². The van der Waals surface area contributed by atoms with Crippen LogP contribution in [0.3, 0.4) is 0 Å². The number of carbonyl (C=O) groups is 1. The zero-order valence-electron chi connectivity index (χ0n) is 12.8. The number of carbonyl (C=O) groups excluding carboxylic acids is 1. The van der Waals surface area contributed by atoms with Crippen LogP contribution >= 0.6 is 12.4 Å². The van der Waals surface area contributed by atoms with Gasteiger partial charge >= 0.3 is 0 Å². The van der Waals surface area contributed by atoms with Crippen LogP contribution in [-0.4, -0.2) is 36.7 Å². The summed E-state index contributed by atoms with van der Waals surface area (Å²) in [6.07, 6.45) is 2.56. The van der Waals surface area contributed by atoms with E-state index in [2.05, 4.69) is 0 Å². The lowest BCUT2D eigenvalue weighted by Gasteiger charge is -2.34. The molecule has 122 valence electrons. The average Bonchev–Trinajstić information content (AvgIpc) is 2.95. The van der Waals surface area contributed by atoms with Crippen molar-refractivity contribution in [2.75, 3.05) is 19.9 Å². The fraction of sp³-hybridized carbons (Fsp3) is 0.562. The molecule has 1 amide bonds. The van der Waals surface area contributed by atoms with Crippen molar-refractivity contribution in [1.29, 1.82) is 0 Å². The summed E-state index contributed by atoms with van der Waals surface area (Å²) in [7, 11) is 0. The molecule has 3 rings (SSSR count). The molecular formula is C16H23ClN2O3. The Labute approximate surface area is 137 Å². The lowest BCUT2D eigenvalue weighted by Crippen LogP contribution is -2.45. The smallest absolute Gasteiger partial charge is 0.231 e. The molecule has 6 heteroatoms. The molecule has 0 aromatic heterocycles. The summed E-state index contributed by atoms with van der Waals surface area (Å²) in [4.78, 5) is 14.4. The lowest BCUT2D eigenvalue weighted by atomic mass is 9.92. The van der Waals surface area contributed by atoms with E-state index in [0.29, 0.717) is 12.3 Å². The topological polar surface area (TPSA) is 64.8 Å². The Morgan fingerprint density at radius 1 is 1.41 bits per heavy atom. The van der Waals surface area contributed by atoms with E-state index in [9.17, 15) is 4.79 Å². The van der Waals surface area contributed by atoms with Crippen LogP contribution < -0.4 is 15.2 Å². The first-order chi connectivity index (χ1) is 10.1. The Bertz CT molecular complexity index is 536. The molecule has 0 radical (unpaired) electrons. The van der Waals surface area contributed by atoms with Crippen molar-refractivity contribution in [3.63, 3.8) is 0 Å². The van der Waals surface area contributed by atoms with Gasteiger partial charge in [0.1, 0.15) is 0 Å². The second kappa shape index (κ2) is 7.20. The molecule has 2 heterocycles. The van der Waals surface area contributed by atoms with Crippen LogP contribution in [0.25, 0.3) is 0 Å². The van der Waals surface area contributed by atoms with Gasteiger partial charge in [0.2, 0.25) is 12.7 Å². The molecule has 1 aromatic rings. The van der Waals surface area contributed by atoms with E-state index >= 15 is 0 Å². The molecule has 0 saturated carbocycles. The fourth-order valence-electron chi connectivity index (χ4n) is 3.00. The highest BCUT2D eigenvalue weighted by Gasteiger charge is 2.26. The highest BCUT2D eigenvalue weighted by atomic mass is 35.5. The molecule has 1 aromatic carbocycles. The third kappa shape index (κ3) is 3.65. The first-order valence-electron chi connectivity index (χ1n) is 7.55. The maximum absolute atomic E-state index is 12.4. The average molecular weight is 327 g/mol. The SMILES string of the molecule is CC(N)C1CCCN(C(=O)Cc2ccc3c(c2)OCO3)C1.Cl. The monoisotopic (exact) mass is 326 g/mol. The van der Waals surface area contributed by atoms with Crippen LogP contribution in [0, 0.1) is 5.92 Å². The highest BCUT2D eigenvalue weighted by molar-refractivity contribution is 5.85. The first kappa shape index (κ1) is 16.9. The predicted octanol–water partition coefficient (Wildman–Crippen LogP) is 1.97. The van der Waals surface area contributed by atoms with Crippen molar-refractivity contribution < 1.29 is 14.3 Å². The minimum Gasteiger partial charge on any atom is -0.454 e. The number of likely N-dealkylation sites (tertiary alicyclic amines) is 1. The van der Waals surface area contributed by atoms with Crippen LogP contribution in [0.4, 0.5) is 0 Å². The van der Waals surface area contributed by atoms with Crippen LogP contribution in [-0.2, 0) is 11.2 Å². The molecule has 2 N–H and O–H groups in total. The quantitative estimate of drug-likeness (QED) is 0.922. The van der Waals surface area contributed by atoms with Gasteiger partial charge in [-0.15, -0.1) is 12.4 Å². The standard InChI is InChI=1S/C16H22N2O3.ClH/c1-11(17)13-3-2-6-18(9-13)16(19)8-12-4-5-14-15(7-12)21-10-20-14;/h4-5,7,11,13H,2-3,6,8-10,17H2,1H3;1H. The normalized spacial score (nSPS) is 21.2. The minimum atomic E-state index is 0. The molecule has 5 nitrogen and oxygen atoms in total. The molecule has 2 unspecified atom stereocenters. The van der Waals surface area contributed by atoms with Gasteiger partial charge in [-0.05, 0) is 43.4 Å². The second-order valence-corrected chi connectivity index (χ2v) is 5.97. The summed E-state index contributed by atoms with van der Waals surface area (Å²) < 4.78 is 10.6. The van der Waals surface area contributed by atoms with Gasteiger partial charge in [0.05, 0.1) is 6.42 Å². The van der Waals surface area contributed by atoms with E-state index < -0.39 is 0 Å². The van der Waals surface area contributed by atoms with Crippen molar-refractivity contribution in [1.82, 2.24) is 4.90 Å². The predicted molar refractivity (Wildman–Crippen MR) is 86.5 cm³/mol. The zero-order valence-corrected chi connectivity index (χ0v) is 13.6. The van der Waals surface area contributed by atoms with Crippen molar-refractivity contribution in [2.24, 2.45) is 11.7 Å². The van der Waals surface area contributed by atoms with Crippen molar-refractivity contribution in [3.8, 4) is 11.5 Å². The van der Waals surface area contributed by atoms with Crippen molar-refractivity contribution in [2.45, 2.75) is 32.2 Å². The molecule has 0 bridgehead atoms. The van der Waals surface area contributed by atoms with Crippen LogP contribution in [0.1, 0.15) is 25.3 Å². The third-order valence-corrected chi connectivity index (χ3v) is 4.35. The van der Waals surface area contributed by atoms with E-state index in [4.69, 9.17) is 15.2 Å². The summed E-state index contributed by atoms with van der Waals surface area (Å²) in [5.74, 6) is 2.06. The zero-order chi connectivity index (χ0) is 14.8.